The summed E-state index contributed by atoms with van der Waals surface area (Å²) in [6.07, 6.45) is 17.1. The Balaban J connectivity index is 0.000000236. The summed E-state index contributed by atoms with van der Waals surface area (Å²) in [5.41, 5.74) is 7.22. The molecule has 4 atom stereocenters. The van der Waals surface area contributed by atoms with Crippen molar-refractivity contribution < 1.29 is 47.6 Å². The molecule has 12 nitrogen and oxygen atoms in total. The van der Waals surface area contributed by atoms with Crippen LogP contribution in [0.25, 0.3) is 0 Å². The molecule has 4 aromatic rings. The number of benzene rings is 4. The van der Waals surface area contributed by atoms with Crippen LogP contribution in [0.2, 0.25) is 10.0 Å². The number of hydrogen-bond donors (Lipinski definition) is 0. The number of halogens is 2. The second kappa shape index (κ2) is 28.5. The molecule has 2 heterocycles. The van der Waals surface area contributed by atoms with Crippen LogP contribution in [0.4, 0.5) is 11.4 Å². The quantitative estimate of drug-likeness (QED) is 0.0361. The SMILES string of the molecule is C=CCCCCN1C[C@@]2(CCCc3cc(Cl)ccc32)COc2ccc([C@@H](CCC(=O)OC)C(=O)OC(C)(C)C)cc21.C=CCCCCN1C[C@@]2(CCCc3cc(Cl)ccc32)COc2ccc([C@H](CCC(=O)OC)C(=O)OC(C)(C)C)cc21. The van der Waals surface area contributed by atoms with Gasteiger partial charge in [0.05, 0.1) is 50.6 Å². The summed E-state index contributed by atoms with van der Waals surface area (Å²) in [5, 5.41) is 1.54. The Morgan fingerprint density at radius 3 is 1.37 bits per heavy atom. The fraction of sp³-hybridized carbons (Fsp3) is 0.529. The molecule has 444 valence electrons. The van der Waals surface area contributed by atoms with Gasteiger partial charge in [0.1, 0.15) is 22.7 Å². The predicted octanol–water partition coefficient (Wildman–Crippen LogP) is 15.1. The highest BCUT2D eigenvalue weighted by Crippen LogP contribution is 2.48. The van der Waals surface area contributed by atoms with Gasteiger partial charge in [0.15, 0.2) is 0 Å². The molecule has 0 saturated heterocycles. The maximum absolute atomic E-state index is 13.4. The molecule has 4 aromatic carbocycles. The van der Waals surface area contributed by atoms with Crippen LogP contribution < -0.4 is 19.3 Å². The van der Waals surface area contributed by atoms with Crippen LogP contribution in [0, 0.1) is 0 Å². The van der Waals surface area contributed by atoms with Crippen LogP contribution in [0.15, 0.2) is 98.1 Å². The van der Waals surface area contributed by atoms with Crippen LogP contribution in [0.5, 0.6) is 11.5 Å². The van der Waals surface area contributed by atoms with Gasteiger partial charge in [0, 0.05) is 59.9 Å². The maximum atomic E-state index is 13.4. The third-order valence-electron chi connectivity index (χ3n) is 16.2. The molecular formula is C68H88Cl2N2O10. The number of carbonyl (C=O) groups is 4. The molecule has 4 aliphatic rings. The first-order valence-corrected chi connectivity index (χ1v) is 30.3. The minimum Gasteiger partial charge on any atom is -0.490 e. The highest BCUT2D eigenvalue weighted by molar-refractivity contribution is 6.31. The van der Waals surface area contributed by atoms with Crippen LogP contribution in [-0.2, 0) is 61.8 Å². The number of esters is 4. The minimum absolute atomic E-state index is 0.127. The molecule has 8 rings (SSSR count). The Bertz CT molecular complexity index is 2700. The molecule has 2 spiro atoms. The largest absolute Gasteiger partial charge is 0.490 e. The van der Waals surface area contributed by atoms with Gasteiger partial charge in [-0.1, -0.05) is 59.6 Å². The zero-order valence-corrected chi connectivity index (χ0v) is 51.5. The molecule has 0 N–H and O–H groups in total. The lowest BCUT2D eigenvalue weighted by molar-refractivity contribution is -0.158. The lowest BCUT2D eigenvalue weighted by atomic mass is 9.70. The van der Waals surface area contributed by atoms with Gasteiger partial charge in [-0.3, -0.25) is 19.2 Å². The molecule has 82 heavy (non-hydrogen) atoms. The van der Waals surface area contributed by atoms with E-state index in [0.29, 0.717) is 26.1 Å². The summed E-state index contributed by atoms with van der Waals surface area (Å²) in [6, 6.07) is 24.5. The second-order valence-corrected chi connectivity index (χ2v) is 25.6. The number of ether oxygens (including phenoxy) is 6. The molecule has 2 aliphatic carbocycles. The van der Waals surface area contributed by atoms with Crippen molar-refractivity contribution in [3.05, 3.63) is 142 Å². The number of aryl methyl sites for hydroxylation is 2. The van der Waals surface area contributed by atoms with Crippen molar-refractivity contribution >= 4 is 58.5 Å². The average molecular weight is 1160 g/mol. The monoisotopic (exact) mass is 1160 g/mol. The van der Waals surface area contributed by atoms with Gasteiger partial charge >= 0.3 is 23.9 Å². The van der Waals surface area contributed by atoms with E-state index in [1.54, 1.807) is 0 Å². The molecule has 14 heteroatoms. The number of allylic oxidation sites excluding steroid dienone is 2. The Morgan fingerprint density at radius 2 is 1.00 bits per heavy atom. The number of rotatable bonds is 20. The van der Waals surface area contributed by atoms with E-state index in [9.17, 15) is 19.2 Å². The lowest BCUT2D eigenvalue weighted by Crippen LogP contribution is -2.46. The van der Waals surface area contributed by atoms with Gasteiger partial charge in [-0.2, -0.15) is 0 Å². The van der Waals surface area contributed by atoms with Gasteiger partial charge in [-0.05, 0) is 213 Å². The Hall–Kier alpha value is -5.98. The van der Waals surface area contributed by atoms with Crippen molar-refractivity contribution in [2.75, 3.05) is 63.4 Å². The van der Waals surface area contributed by atoms with E-state index in [0.717, 1.165) is 147 Å². The number of anilines is 2. The fourth-order valence-electron chi connectivity index (χ4n) is 12.3. The smallest absolute Gasteiger partial charge is 0.313 e. The van der Waals surface area contributed by atoms with Gasteiger partial charge in [0.2, 0.25) is 0 Å². The van der Waals surface area contributed by atoms with E-state index in [4.69, 9.17) is 51.6 Å². The summed E-state index contributed by atoms with van der Waals surface area (Å²) >= 11 is 12.8. The maximum Gasteiger partial charge on any atom is 0.313 e. The zero-order valence-electron chi connectivity index (χ0n) is 49.9. The van der Waals surface area contributed by atoms with Crippen LogP contribution >= 0.6 is 23.2 Å². The van der Waals surface area contributed by atoms with Crippen molar-refractivity contribution in [3.8, 4) is 11.5 Å². The van der Waals surface area contributed by atoms with Crippen molar-refractivity contribution in [1.29, 1.82) is 0 Å². The third kappa shape index (κ3) is 16.6. The standard InChI is InChI=1S/2C34H44ClNO5/c2*1-6-7-8-9-19-36-22-34(18-10-11-25-20-26(35)13-15-28(25)34)23-40-30-16-12-24(21-29(30)36)27(14-17-31(37)39-5)32(38)41-33(2,3)4/h2*6,12-13,15-16,20-21,27H,1,7-11,14,17-19,22-23H2,2-5H3/t27-,34+;27-,34-/m10/s1. The molecular weight excluding hydrogens is 1080 g/mol. The van der Waals surface area contributed by atoms with Gasteiger partial charge in [-0.25, -0.2) is 0 Å². The number of nitrogens with zero attached hydrogens (tertiary/aromatic N) is 2. The average Bonchev–Trinajstić information content (AvgIpc) is 3.80. The third-order valence-corrected chi connectivity index (χ3v) is 16.7. The zero-order chi connectivity index (χ0) is 59.2. The molecule has 0 unspecified atom stereocenters. The van der Waals surface area contributed by atoms with Gasteiger partial charge < -0.3 is 38.2 Å². The predicted molar refractivity (Wildman–Crippen MR) is 328 cm³/mol. The fourth-order valence-corrected chi connectivity index (χ4v) is 12.7. The summed E-state index contributed by atoms with van der Waals surface area (Å²) < 4.78 is 34.5. The first-order valence-electron chi connectivity index (χ1n) is 29.5. The number of carbonyl (C=O) groups excluding carboxylic acids is 4. The van der Waals surface area contributed by atoms with E-state index < -0.39 is 23.0 Å². The molecule has 0 bridgehead atoms. The second-order valence-electron chi connectivity index (χ2n) is 24.7. The summed E-state index contributed by atoms with van der Waals surface area (Å²) in [6.45, 7) is 23.4. The van der Waals surface area contributed by atoms with Crippen molar-refractivity contribution in [2.45, 2.75) is 178 Å². The molecule has 0 radical (unpaired) electrons. The van der Waals surface area contributed by atoms with E-state index in [-0.39, 0.29) is 47.5 Å². The van der Waals surface area contributed by atoms with E-state index in [1.807, 2.05) is 90.1 Å². The van der Waals surface area contributed by atoms with E-state index in [2.05, 4.69) is 59.4 Å². The molecule has 0 saturated carbocycles. The topological polar surface area (TPSA) is 130 Å². The highest BCUT2D eigenvalue weighted by Gasteiger charge is 2.44. The van der Waals surface area contributed by atoms with Crippen LogP contribution in [0.1, 0.15) is 177 Å². The summed E-state index contributed by atoms with van der Waals surface area (Å²) in [4.78, 5) is 55.7. The Morgan fingerprint density at radius 1 is 0.598 bits per heavy atom. The molecule has 2 aliphatic heterocycles. The number of unbranched alkanes of at least 4 members (excludes halogenated alkanes) is 4. The molecule has 0 fully saturated rings. The first-order chi connectivity index (χ1) is 39.1. The number of methoxy groups -OCH3 is 2. The van der Waals surface area contributed by atoms with E-state index in [1.165, 1.54) is 36.5 Å². The van der Waals surface area contributed by atoms with Crippen LogP contribution in [-0.4, -0.2) is 88.7 Å². The van der Waals surface area contributed by atoms with Crippen molar-refractivity contribution in [2.24, 2.45) is 0 Å². The lowest BCUT2D eigenvalue weighted by Gasteiger charge is -2.41. The van der Waals surface area contributed by atoms with Gasteiger partial charge in [-0.15, -0.1) is 13.2 Å². The molecule has 0 aromatic heterocycles. The number of fused-ring (bicyclic) bond motifs is 6. The van der Waals surface area contributed by atoms with Crippen molar-refractivity contribution in [3.63, 3.8) is 0 Å². The summed E-state index contributed by atoms with van der Waals surface area (Å²) in [5.74, 6) is -0.965. The Kier molecular flexibility index (Phi) is 22.1. The summed E-state index contributed by atoms with van der Waals surface area (Å²) in [7, 11) is 2.73. The minimum atomic E-state index is -0.643. The Labute approximate surface area is 498 Å². The van der Waals surface area contributed by atoms with Crippen LogP contribution in [0.3, 0.4) is 0 Å². The molecule has 0 amide bonds. The van der Waals surface area contributed by atoms with E-state index >= 15 is 0 Å². The van der Waals surface area contributed by atoms with Crippen molar-refractivity contribution in [1.82, 2.24) is 0 Å². The highest BCUT2D eigenvalue weighted by atomic mass is 35.5. The normalized spacial score (nSPS) is 18.9. The van der Waals surface area contributed by atoms with Gasteiger partial charge in [0.25, 0.3) is 0 Å². The first kappa shape index (κ1) is 63.6. The number of hydrogen-bond acceptors (Lipinski definition) is 12.